The van der Waals surface area contributed by atoms with Gasteiger partial charge in [-0.15, -0.1) is 0 Å². The summed E-state index contributed by atoms with van der Waals surface area (Å²) in [7, 11) is 0. The molecule has 9 heteroatoms. The van der Waals surface area contributed by atoms with Gasteiger partial charge in [-0.1, -0.05) is 23.7 Å². The summed E-state index contributed by atoms with van der Waals surface area (Å²) in [5.41, 5.74) is 4.34. The molecule has 2 aromatic heterocycles. The number of hydrogen-bond acceptors (Lipinski definition) is 3. The Morgan fingerprint density at radius 1 is 1.21 bits per heavy atom. The first-order chi connectivity index (χ1) is 13.4. The van der Waals surface area contributed by atoms with E-state index in [4.69, 9.17) is 23.8 Å². The number of aryl methyl sites for hydroxylation is 2. The third kappa shape index (κ3) is 4.69. The monoisotopic (exact) mass is 420 g/mol. The SMILES string of the molecule is CCn1cc(Cl)c(CNC(=S)Nc2c(C)nn(Cc3ccc(F)cc3)c2C)n1. The molecule has 28 heavy (non-hydrogen) atoms. The van der Waals surface area contributed by atoms with Crippen LogP contribution in [0.25, 0.3) is 0 Å². The third-order valence-electron chi connectivity index (χ3n) is 4.39. The van der Waals surface area contributed by atoms with Gasteiger partial charge >= 0.3 is 0 Å². The second kappa shape index (κ2) is 8.70. The van der Waals surface area contributed by atoms with Crippen molar-refractivity contribution in [3.05, 3.63) is 63.9 Å². The fourth-order valence-electron chi connectivity index (χ4n) is 2.84. The molecule has 0 amide bonds. The van der Waals surface area contributed by atoms with Crippen LogP contribution in [-0.4, -0.2) is 24.7 Å². The lowest BCUT2D eigenvalue weighted by Crippen LogP contribution is -2.28. The van der Waals surface area contributed by atoms with E-state index in [0.29, 0.717) is 23.2 Å². The van der Waals surface area contributed by atoms with Gasteiger partial charge in [0.1, 0.15) is 11.5 Å². The molecule has 0 radical (unpaired) electrons. The lowest BCUT2D eigenvalue weighted by atomic mass is 10.2. The van der Waals surface area contributed by atoms with Crippen LogP contribution in [-0.2, 0) is 19.6 Å². The Bertz CT molecular complexity index is 979. The predicted octanol–water partition coefficient (Wildman–Crippen LogP) is 4.04. The lowest BCUT2D eigenvalue weighted by Gasteiger charge is -2.11. The molecule has 0 spiro atoms. The van der Waals surface area contributed by atoms with Crippen LogP contribution in [0.5, 0.6) is 0 Å². The summed E-state index contributed by atoms with van der Waals surface area (Å²) in [6, 6.07) is 6.41. The van der Waals surface area contributed by atoms with Crippen LogP contribution >= 0.6 is 23.8 Å². The van der Waals surface area contributed by atoms with Gasteiger partial charge in [0, 0.05) is 12.7 Å². The first-order valence-electron chi connectivity index (χ1n) is 8.92. The summed E-state index contributed by atoms with van der Waals surface area (Å²) in [5, 5.41) is 16.4. The summed E-state index contributed by atoms with van der Waals surface area (Å²) >= 11 is 11.6. The molecule has 2 heterocycles. The molecule has 0 aliphatic heterocycles. The minimum atomic E-state index is -0.250. The van der Waals surface area contributed by atoms with Gasteiger partial charge in [-0.25, -0.2) is 4.39 Å². The fourth-order valence-corrected chi connectivity index (χ4v) is 3.23. The van der Waals surface area contributed by atoms with E-state index in [0.717, 1.165) is 34.9 Å². The van der Waals surface area contributed by atoms with E-state index in [9.17, 15) is 4.39 Å². The van der Waals surface area contributed by atoms with E-state index < -0.39 is 0 Å². The fraction of sp³-hybridized carbons (Fsp3) is 0.316. The summed E-state index contributed by atoms with van der Waals surface area (Å²) < 4.78 is 16.7. The summed E-state index contributed by atoms with van der Waals surface area (Å²) in [6.07, 6.45) is 1.79. The number of rotatable bonds is 6. The third-order valence-corrected chi connectivity index (χ3v) is 4.96. The second-order valence-corrected chi connectivity index (χ2v) is 7.23. The van der Waals surface area contributed by atoms with Gasteiger partial charge in [0.2, 0.25) is 0 Å². The molecule has 0 atom stereocenters. The number of halogens is 2. The van der Waals surface area contributed by atoms with Crippen LogP contribution < -0.4 is 10.6 Å². The molecule has 1 aromatic carbocycles. The molecule has 0 bridgehead atoms. The van der Waals surface area contributed by atoms with E-state index in [1.807, 2.05) is 25.5 Å². The Kier molecular flexibility index (Phi) is 6.31. The van der Waals surface area contributed by atoms with Crippen molar-refractivity contribution in [2.24, 2.45) is 0 Å². The van der Waals surface area contributed by atoms with Crippen molar-refractivity contribution >= 4 is 34.6 Å². The minimum absolute atomic E-state index is 0.250. The first kappa shape index (κ1) is 20.3. The number of anilines is 1. The Morgan fingerprint density at radius 2 is 1.93 bits per heavy atom. The highest BCUT2D eigenvalue weighted by atomic mass is 35.5. The second-order valence-electron chi connectivity index (χ2n) is 6.42. The Hall–Kier alpha value is -2.45. The molecule has 3 aromatic rings. The van der Waals surface area contributed by atoms with Crippen LogP contribution in [0.1, 0.15) is 29.6 Å². The number of nitrogens with one attached hydrogen (secondary N) is 2. The standard InChI is InChI=1S/C19H22ClFN6S/c1-4-26-11-16(20)17(25-26)9-22-19(28)23-18-12(2)24-27(13(18)3)10-14-5-7-15(21)8-6-14/h5-8,11H,4,9-10H2,1-3H3,(H2,22,23,28). The van der Waals surface area contributed by atoms with Crippen molar-refractivity contribution in [2.75, 3.05) is 5.32 Å². The Morgan fingerprint density at radius 3 is 2.57 bits per heavy atom. The summed E-state index contributed by atoms with van der Waals surface area (Å²) in [6.45, 7) is 7.63. The van der Waals surface area contributed by atoms with Gasteiger partial charge < -0.3 is 10.6 Å². The van der Waals surface area contributed by atoms with Crippen LogP contribution in [0.15, 0.2) is 30.5 Å². The lowest BCUT2D eigenvalue weighted by molar-refractivity contribution is 0.622. The highest BCUT2D eigenvalue weighted by molar-refractivity contribution is 7.80. The quantitative estimate of drug-likeness (QED) is 0.589. The first-order valence-corrected chi connectivity index (χ1v) is 9.71. The smallest absolute Gasteiger partial charge is 0.171 e. The zero-order valence-corrected chi connectivity index (χ0v) is 17.5. The molecular formula is C19H22ClFN6S. The number of aromatic nitrogens is 4. The van der Waals surface area contributed by atoms with E-state index in [2.05, 4.69) is 20.8 Å². The van der Waals surface area contributed by atoms with Gasteiger partial charge in [0.15, 0.2) is 5.11 Å². The van der Waals surface area contributed by atoms with E-state index in [1.165, 1.54) is 12.1 Å². The highest BCUT2D eigenvalue weighted by Gasteiger charge is 2.14. The van der Waals surface area contributed by atoms with E-state index >= 15 is 0 Å². The zero-order valence-electron chi connectivity index (χ0n) is 16.0. The van der Waals surface area contributed by atoms with Gasteiger partial charge in [-0.05, 0) is 50.7 Å². The number of thiocarbonyl (C=S) groups is 1. The zero-order chi connectivity index (χ0) is 20.3. The highest BCUT2D eigenvalue weighted by Crippen LogP contribution is 2.21. The molecule has 0 fully saturated rings. The van der Waals surface area contributed by atoms with Crippen molar-refractivity contribution in [3.8, 4) is 0 Å². The van der Waals surface area contributed by atoms with Crippen molar-refractivity contribution in [2.45, 2.75) is 40.4 Å². The van der Waals surface area contributed by atoms with Crippen molar-refractivity contribution in [1.82, 2.24) is 24.9 Å². The van der Waals surface area contributed by atoms with Gasteiger partial charge in [-0.3, -0.25) is 9.36 Å². The van der Waals surface area contributed by atoms with Gasteiger partial charge in [-0.2, -0.15) is 10.2 Å². The molecule has 148 valence electrons. The minimum Gasteiger partial charge on any atom is -0.357 e. The van der Waals surface area contributed by atoms with Crippen molar-refractivity contribution in [1.29, 1.82) is 0 Å². The topological polar surface area (TPSA) is 59.7 Å². The van der Waals surface area contributed by atoms with Crippen LogP contribution in [0.4, 0.5) is 10.1 Å². The van der Waals surface area contributed by atoms with E-state index in [1.54, 1.807) is 23.0 Å². The molecule has 6 nitrogen and oxygen atoms in total. The maximum Gasteiger partial charge on any atom is 0.171 e. The number of benzene rings is 1. The maximum atomic E-state index is 13.1. The molecule has 0 aliphatic carbocycles. The maximum absolute atomic E-state index is 13.1. The summed E-state index contributed by atoms with van der Waals surface area (Å²) in [4.78, 5) is 0. The van der Waals surface area contributed by atoms with Crippen LogP contribution in [0.3, 0.4) is 0 Å². The largest absolute Gasteiger partial charge is 0.357 e. The molecule has 0 unspecified atom stereocenters. The molecule has 0 aliphatic rings. The van der Waals surface area contributed by atoms with Crippen LogP contribution in [0.2, 0.25) is 5.02 Å². The molecular weight excluding hydrogens is 399 g/mol. The molecule has 0 saturated carbocycles. The van der Waals surface area contributed by atoms with E-state index in [-0.39, 0.29) is 5.82 Å². The predicted molar refractivity (Wildman–Crippen MR) is 113 cm³/mol. The average Bonchev–Trinajstić information content (AvgIpc) is 3.16. The Balaban J connectivity index is 1.64. The van der Waals surface area contributed by atoms with Gasteiger partial charge in [0.25, 0.3) is 0 Å². The normalized spacial score (nSPS) is 10.9. The Labute approximate surface area is 173 Å². The van der Waals surface area contributed by atoms with Crippen LogP contribution in [0, 0.1) is 19.7 Å². The average molecular weight is 421 g/mol. The van der Waals surface area contributed by atoms with Crippen molar-refractivity contribution in [3.63, 3.8) is 0 Å². The van der Waals surface area contributed by atoms with Gasteiger partial charge in [0.05, 0.1) is 35.2 Å². The molecule has 3 rings (SSSR count). The number of hydrogen-bond donors (Lipinski definition) is 2. The molecule has 0 saturated heterocycles. The summed E-state index contributed by atoms with van der Waals surface area (Å²) in [5.74, 6) is -0.250. The van der Waals surface area contributed by atoms with Crippen molar-refractivity contribution < 1.29 is 4.39 Å². The molecule has 2 N–H and O–H groups in total. The number of nitrogens with zero attached hydrogens (tertiary/aromatic N) is 4.